The molecule has 7 heteroatoms. The molecule has 0 aromatic heterocycles. The van der Waals surface area contributed by atoms with Crippen LogP contribution in [0.2, 0.25) is 0 Å². The molecule has 1 rings (SSSR count). The van der Waals surface area contributed by atoms with E-state index in [-0.39, 0.29) is 6.54 Å². The molecule has 1 heterocycles. The van der Waals surface area contributed by atoms with E-state index >= 15 is 0 Å². The zero-order chi connectivity index (χ0) is 14.5. The number of nitrogens with zero attached hydrogens (tertiary/aromatic N) is 1. The average molecular weight is 271 g/mol. The van der Waals surface area contributed by atoms with E-state index < -0.39 is 23.4 Å². The molecule has 108 valence electrons. The molecule has 3 N–H and O–H groups in total. The molecule has 0 saturated carbocycles. The summed E-state index contributed by atoms with van der Waals surface area (Å²) < 4.78 is 0. The highest BCUT2D eigenvalue weighted by atomic mass is 16.4. The molecule has 0 radical (unpaired) electrons. The van der Waals surface area contributed by atoms with Gasteiger partial charge in [0.2, 0.25) is 5.91 Å². The third-order valence-electron chi connectivity index (χ3n) is 3.43. The Morgan fingerprint density at radius 2 is 2.00 bits per heavy atom. The molecule has 3 amide bonds. The lowest BCUT2D eigenvalue weighted by atomic mass is 9.88. The van der Waals surface area contributed by atoms with Crippen LogP contribution in [0.15, 0.2) is 0 Å². The minimum Gasteiger partial charge on any atom is -0.480 e. The first kappa shape index (κ1) is 15.4. The first-order valence-electron chi connectivity index (χ1n) is 6.46. The minimum atomic E-state index is -1.03. The Hall–Kier alpha value is -1.63. The molecular weight excluding hydrogens is 250 g/mol. The number of nitrogens with one attached hydrogen (secondary N) is 2. The van der Waals surface area contributed by atoms with Gasteiger partial charge in [-0.2, -0.15) is 0 Å². The number of amides is 3. The Kier molecular flexibility index (Phi) is 5.29. The van der Waals surface area contributed by atoms with Crippen molar-refractivity contribution >= 4 is 17.9 Å². The van der Waals surface area contributed by atoms with Crippen molar-refractivity contribution in [3.8, 4) is 0 Å². The maximum atomic E-state index is 11.7. The van der Waals surface area contributed by atoms with Crippen LogP contribution in [0.25, 0.3) is 0 Å². The van der Waals surface area contributed by atoms with Crippen LogP contribution in [0.4, 0.5) is 4.79 Å². The number of carbonyl (C=O) groups is 3. The van der Waals surface area contributed by atoms with Gasteiger partial charge in [0.15, 0.2) is 0 Å². The van der Waals surface area contributed by atoms with Gasteiger partial charge in [-0.25, -0.2) is 4.79 Å². The number of urea groups is 1. The van der Waals surface area contributed by atoms with Gasteiger partial charge < -0.3 is 10.4 Å². The maximum absolute atomic E-state index is 11.7. The summed E-state index contributed by atoms with van der Waals surface area (Å²) in [5.41, 5.74) is -1.03. The number of carboxylic acids is 1. The molecule has 0 aromatic carbocycles. The number of likely N-dealkylation sites (tertiary alicyclic amines) is 1. The van der Waals surface area contributed by atoms with Crippen molar-refractivity contribution in [1.29, 1.82) is 0 Å². The summed E-state index contributed by atoms with van der Waals surface area (Å²) in [6.45, 7) is 4.26. The lowest BCUT2D eigenvalue weighted by molar-refractivity contribution is -0.153. The van der Waals surface area contributed by atoms with Crippen LogP contribution in [0.3, 0.4) is 0 Å². The fourth-order valence-electron chi connectivity index (χ4n) is 2.22. The van der Waals surface area contributed by atoms with Gasteiger partial charge in [-0.3, -0.25) is 19.8 Å². The smallest absolute Gasteiger partial charge is 0.323 e. The Morgan fingerprint density at radius 3 is 2.58 bits per heavy atom. The van der Waals surface area contributed by atoms with Crippen molar-refractivity contribution in [3.63, 3.8) is 0 Å². The molecule has 7 nitrogen and oxygen atoms in total. The first-order valence-corrected chi connectivity index (χ1v) is 6.46. The molecular formula is C12H21N3O4. The molecule has 1 saturated heterocycles. The van der Waals surface area contributed by atoms with Gasteiger partial charge in [0, 0.05) is 6.54 Å². The normalized spacial score (nSPS) is 23.7. The lowest BCUT2D eigenvalue weighted by Crippen LogP contribution is -2.58. The minimum absolute atomic E-state index is 0.0834. The van der Waals surface area contributed by atoms with Crippen LogP contribution >= 0.6 is 0 Å². The van der Waals surface area contributed by atoms with E-state index in [9.17, 15) is 19.5 Å². The van der Waals surface area contributed by atoms with Crippen LogP contribution < -0.4 is 10.6 Å². The molecule has 1 atom stereocenters. The monoisotopic (exact) mass is 271 g/mol. The largest absolute Gasteiger partial charge is 0.480 e. The van der Waals surface area contributed by atoms with Gasteiger partial charge in [-0.15, -0.1) is 0 Å². The van der Waals surface area contributed by atoms with E-state index in [0.29, 0.717) is 19.5 Å². The third kappa shape index (κ3) is 3.92. The molecule has 1 aliphatic heterocycles. The number of piperidine rings is 1. The summed E-state index contributed by atoms with van der Waals surface area (Å²) in [5, 5.41) is 13.9. The molecule has 0 bridgehead atoms. The summed E-state index contributed by atoms with van der Waals surface area (Å²) in [7, 11) is 0. The summed E-state index contributed by atoms with van der Waals surface area (Å²) >= 11 is 0. The van der Waals surface area contributed by atoms with Crippen molar-refractivity contribution in [2.45, 2.75) is 38.6 Å². The van der Waals surface area contributed by atoms with Gasteiger partial charge in [-0.1, -0.05) is 0 Å². The molecule has 0 spiro atoms. The second kappa shape index (κ2) is 6.51. The van der Waals surface area contributed by atoms with Gasteiger partial charge in [0.25, 0.3) is 0 Å². The van der Waals surface area contributed by atoms with E-state index in [1.165, 1.54) is 0 Å². The quantitative estimate of drug-likeness (QED) is 0.676. The third-order valence-corrected chi connectivity index (χ3v) is 3.43. The molecule has 1 aliphatic rings. The van der Waals surface area contributed by atoms with Crippen LogP contribution in [0.1, 0.15) is 33.1 Å². The van der Waals surface area contributed by atoms with Crippen molar-refractivity contribution in [2.24, 2.45) is 0 Å². The van der Waals surface area contributed by atoms with Crippen molar-refractivity contribution < 1.29 is 19.5 Å². The van der Waals surface area contributed by atoms with E-state index in [1.807, 2.05) is 0 Å². The number of aliphatic carboxylic acids is 1. The van der Waals surface area contributed by atoms with Crippen LogP contribution in [-0.2, 0) is 9.59 Å². The highest BCUT2D eigenvalue weighted by molar-refractivity contribution is 5.95. The second-order valence-electron chi connectivity index (χ2n) is 4.87. The van der Waals surface area contributed by atoms with E-state index in [0.717, 1.165) is 12.8 Å². The Balaban J connectivity index is 2.60. The van der Waals surface area contributed by atoms with Crippen LogP contribution in [0, 0.1) is 0 Å². The van der Waals surface area contributed by atoms with Gasteiger partial charge in [0.1, 0.15) is 5.54 Å². The van der Waals surface area contributed by atoms with Crippen LogP contribution in [0.5, 0.6) is 0 Å². The lowest BCUT2D eigenvalue weighted by Gasteiger charge is -2.41. The Labute approximate surface area is 112 Å². The predicted molar refractivity (Wildman–Crippen MR) is 68.7 cm³/mol. The maximum Gasteiger partial charge on any atom is 0.323 e. The summed E-state index contributed by atoms with van der Waals surface area (Å²) in [5.74, 6) is -1.42. The van der Waals surface area contributed by atoms with Gasteiger partial charge >= 0.3 is 12.0 Å². The number of carbonyl (C=O) groups excluding carboxylic acids is 2. The number of hydrogen-bond donors (Lipinski definition) is 3. The van der Waals surface area contributed by atoms with Gasteiger partial charge in [-0.05, 0) is 39.7 Å². The summed E-state index contributed by atoms with van der Waals surface area (Å²) in [4.78, 5) is 35.9. The number of carboxylic acid groups (broad SMARTS) is 1. The number of imide groups is 1. The zero-order valence-electron chi connectivity index (χ0n) is 11.4. The highest BCUT2D eigenvalue weighted by Crippen LogP contribution is 2.27. The highest BCUT2D eigenvalue weighted by Gasteiger charge is 2.41. The number of rotatable bonds is 4. The van der Waals surface area contributed by atoms with Crippen molar-refractivity contribution in [1.82, 2.24) is 15.5 Å². The predicted octanol–water partition coefficient (Wildman–Crippen LogP) is 0.161. The van der Waals surface area contributed by atoms with Crippen molar-refractivity contribution in [3.05, 3.63) is 0 Å². The molecule has 1 fully saturated rings. The topological polar surface area (TPSA) is 98.7 Å². The second-order valence-corrected chi connectivity index (χ2v) is 4.87. The zero-order valence-corrected chi connectivity index (χ0v) is 11.4. The van der Waals surface area contributed by atoms with E-state index in [4.69, 9.17) is 0 Å². The molecule has 0 aromatic rings. The Bertz CT molecular complexity index is 372. The fourth-order valence-corrected chi connectivity index (χ4v) is 2.22. The molecule has 19 heavy (non-hydrogen) atoms. The summed E-state index contributed by atoms with van der Waals surface area (Å²) in [6.07, 6.45) is 2.20. The Morgan fingerprint density at radius 1 is 1.32 bits per heavy atom. The van der Waals surface area contributed by atoms with Crippen LogP contribution in [-0.4, -0.2) is 53.1 Å². The molecule has 1 unspecified atom stereocenters. The van der Waals surface area contributed by atoms with Crippen molar-refractivity contribution in [2.75, 3.05) is 19.6 Å². The molecule has 0 aliphatic carbocycles. The van der Waals surface area contributed by atoms with E-state index in [1.54, 1.807) is 18.7 Å². The standard InChI is InChI=1S/C12H21N3O4/c1-3-13-11(19)14-9(16)8-15-7-5-4-6-12(15,2)10(17)18/h3-8H2,1-2H3,(H,17,18)(H2,13,14,16,19). The summed E-state index contributed by atoms with van der Waals surface area (Å²) in [6, 6.07) is -0.554. The number of hydrogen-bond acceptors (Lipinski definition) is 4. The average Bonchev–Trinajstić information content (AvgIpc) is 2.32. The first-order chi connectivity index (χ1) is 8.90. The SMILES string of the molecule is CCNC(=O)NC(=O)CN1CCCCC1(C)C(=O)O. The van der Waals surface area contributed by atoms with Gasteiger partial charge in [0.05, 0.1) is 6.54 Å². The van der Waals surface area contributed by atoms with E-state index in [2.05, 4.69) is 10.6 Å². The fraction of sp³-hybridized carbons (Fsp3) is 0.750.